The van der Waals surface area contributed by atoms with Crippen LogP contribution in [-0.2, 0) is 6.54 Å². The fourth-order valence-corrected chi connectivity index (χ4v) is 4.65. The van der Waals surface area contributed by atoms with Crippen molar-refractivity contribution in [3.05, 3.63) is 59.8 Å². The van der Waals surface area contributed by atoms with Crippen molar-refractivity contribution in [1.82, 2.24) is 20.0 Å². The van der Waals surface area contributed by atoms with E-state index in [1.54, 1.807) is 13.1 Å². The number of benzene rings is 1. The van der Waals surface area contributed by atoms with Gasteiger partial charge in [-0.15, -0.1) is 0 Å². The Kier molecular flexibility index (Phi) is 4.93. The molecule has 2 fully saturated rings. The van der Waals surface area contributed by atoms with Gasteiger partial charge in [0.1, 0.15) is 17.6 Å². The molecule has 1 aliphatic heterocycles. The van der Waals surface area contributed by atoms with E-state index in [0.29, 0.717) is 23.7 Å². The highest BCUT2D eigenvalue weighted by Gasteiger charge is 2.45. The number of aliphatic hydroxyl groups excluding tert-OH is 1. The normalized spacial score (nSPS) is 23.7. The lowest BCUT2D eigenvalue weighted by Crippen LogP contribution is -2.38. The lowest BCUT2D eigenvalue weighted by molar-refractivity contribution is 0.114. The van der Waals surface area contributed by atoms with Crippen LogP contribution < -0.4 is 5.32 Å². The van der Waals surface area contributed by atoms with Gasteiger partial charge in [0.15, 0.2) is 5.76 Å². The monoisotopic (exact) mass is 402 g/mol. The van der Waals surface area contributed by atoms with Crippen LogP contribution in [0.15, 0.2) is 47.2 Å². The van der Waals surface area contributed by atoms with Crippen LogP contribution in [0.2, 0.25) is 0 Å². The number of nitrogens with zero attached hydrogens (tertiary/aromatic N) is 3. The van der Waals surface area contributed by atoms with E-state index >= 15 is 0 Å². The number of hydrogen-bond donors (Lipinski definition) is 2. The third kappa shape index (κ3) is 3.79. The molecule has 2 aromatic heterocycles. The maximum absolute atomic E-state index is 9.79. The number of nitrogens with one attached hydrogen (secondary N) is 1. The third-order valence-corrected chi connectivity index (χ3v) is 6.29. The summed E-state index contributed by atoms with van der Waals surface area (Å²) in [4.78, 5) is 4.19. The first-order chi connectivity index (χ1) is 14.6. The highest BCUT2D eigenvalue weighted by molar-refractivity contribution is 5.59. The van der Waals surface area contributed by atoms with Crippen molar-refractivity contribution >= 4 is 0 Å². The van der Waals surface area contributed by atoms with E-state index < -0.39 is 6.10 Å². The molecule has 0 bridgehead atoms. The van der Waals surface area contributed by atoms with Crippen molar-refractivity contribution in [1.29, 1.82) is 0 Å². The molecule has 0 radical (unpaired) electrons. The average molecular weight is 402 g/mol. The molecule has 6 heteroatoms. The van der Waals surface area contributed by atoms with Crippen molar-refractivity contribution in [3.63, 3.8) is 0 Å². The largest absolute Gasteiger partial charge is 0.385 e. The second-order valence-corrected chi connectivity index (χ2v) is 8.65. The van der Waals surface area contributed by atoms with Gasteiger partial charge in [-0.3, -0.25) is 0 Å². The van der Waals surface area contributed by atoms with Crippen LogP contribution in [0.5, 0.6) is 0 Å². The molecule has 1 atom stereocenters. The van der Waals surface area contributed by atoms with Crippen LogP contribution in [0.25, 0.3) is 11.3 Å². The Labute approximate surface area is 176 Å². The van der Waals surface area contributed by atoms with Gasteiger partial charge < -0.3 is 19.5 Å². The van der Waals surface area contributed by atoms with Gasteiger partial charge in [-0.25, -0.2) is 4.98 Å². The minimum Gasteiger partial charge on any atom is -0.385 e. The highest BCUT2D eigenvalue weighted by Crippen LogP contribution is 2.49. The van der Waals surface area contributed by atoms with Crippen LogP contribution in [0, 0.1) is 23.2 Å². The van der Waals surface area contributed by atoms with Crippen molar-refractivity contribution in [2.24, 2.45) is 11.3 Å². The number of imidazole rings is 1. The molecular formula is C24H26N4O2. The molecule has 1 spiro atoms. The molecule has 0 unspecified atom stereocenters. The summed E-state index contributed by atoms with van der Waals surface area (Å²) in [5.74, 6) is 8.65. The van der Waals surface area contributed by atoms with E-state index in [0.717, 1.165) is 29.1 Å². The lowest BCUT2D eigenvalue weighted by atomic mass is 9.62. The fraction of sp³-hybridized carbons (Fsp3) is 0.417. The minimum atomic E-state index is -0.625. The van der Waals surface area contributed by atoms with Gasteiger partial charge in [0.05, 0.1) is 6.54 Å². The molecule has 1 saturated carbocycles. The number of aliphatic hydroxyl groups is 1. The molecule has 30 heavy (non-hydrogen) atoms. The molecule has 5 rings (SSSR count). The standard InChI is InChI=1S/C24H26N4O2/c1-17(29)23-26-10-11-28(23)15-21-12-22(30-27-21)20-6-4-18(5-7-20)2-3-19-13-24(14-19)8-9-25-16-24/h4-7,10-12,17,19,25,29H,8-9,13-16H2,1H3/t17-,19?,24?/m0/s1. The first kappa shape index (κ1) is 19.1. The Morgan fingerprint density at radius 3 is 2.90 bits per heavy atom. The van der Waals surface area contributed by atoms with E-state index in [1.165, 1.54) is 25.8 Å². The van der Waals surface area contributed by atoms with Crippen LogP contribution in [0.4, 0.5) is 0 Å². The molecule has 1 aliphatic carbocycles. The molecule has 1 saturated heterocycles. The van der Waals surface area contributed by atoms with Gasteiger partial charge >= 0.3 is 0 Å². The molecule has 3 aromatic rings. The topological polar surface area (TPSA) is 76.1 Å². The molecule has 2 N–H and O–H groups in total. The van der Waals surface area contributed by atoms with E-state index in [1.807, 2.05) is 41.1 Å². The Balaban J connectivity index is 1.22. The molecule has 0 amide bonds. The van der Waals surface area contributed by atoms with Crippen molar-refractivity contribution < 1.29 is 9.63 Å². The van der Waals surface area contributed by atoms with Gasteiger partial charge in [0.25, 0.3) is 0 Å². The van der Waals surface area contributed by atoms with Crippen LogP contribution in [0.3, 0.4) is 0 Å². The zero-order chi connectivity index (χ0) is 20.6. The van der Waals surface area contributed by atoms with Gasteiger partial charge in [-0.05, 0) is 62.4 Å². The smallest absolute Gasteiger partial charge is 0.167 e. The zero-order valence-corrected chi connectivity index (χ0v) is 17.1. The van der Waals surface area contributed by atoms with Gasteiger partial charge in [-0.1, -0.05) is 17.0 Å². The maximum Gasteiger partial charge on any atom is 0.167 e. The lowest BCUT2D eigenvalue weighted by Gasteiger charge is -2.42. The Morgan fingerprint density at radius 2 is 2.17 bits per heavy atom. The summed E-state index contributed by atoms with van der Waals surface area (Å²) >= 11 is 0. The summed E-state index contributed by atoms with van der Waals surface area (Å²) in [6.07, 6.45) is 6.66. The molecule has 2 aliphatic rings. The number of hydrogen-bond acceptors (Lipinski definition) is 5. The van der Waals surface area contributed by atoms with Crippen molar-refractivity contribution in [3.8, 4) is 23.2 Å². The second-order valence-electron chi connectivity index (χ2n) is 8.65. The van der Waals surface area contributed by atoms with E-state index in [4.69, 9.17) is 4.52 Å². The SMILES string of the molecule is C[C@H](O)c1nccn1Cc1cc(-c2ccc(C#CC3CC4(CCNC4)C3)cc2)on1. The highest BCUT2D eigenvalue weighted by atomic mass is 16.5. The van der Waals surface area contributed by atoms with E-state index in [9.17, 15) is 5.11 Å². The fourth-order valence-electron chi connectivity index (χ4n) is 4.65. The zero-order valence-electron chi connectivity index (χ0n) is 17.1. The van der Waals surface area contributed by atoms with Crippen LogP contribution in [0.1, 0.15) is 49.4 Å². The van der Waals surface area contributed by atoms with Crippen molar-refractivity contribution in [2.75, 3.05) is 13.1 Å². The first-order valence-corrected chi connectivity index (χ1v) is 10.6. The minimum absolute atomic E-state index is 0.506. The van der Waals surface area contributed by atoms with Crippen LogP contribution in [-0.4, -0.2) is 32.9 Å². The predicted octanol–water partition coefficient (Wildman–Crippen LogP) is 3.38. The Bertz CT molecular complexity index is 1070. The quantitative estimate of drug-likeness (QED) is 0.655. The summed E-state index contributed by atoms with van der Waals surface area (Å²) in [5, 5.41) is 17.4. The third-order valence-electron chi connectivity index (χ3n) is 6.29. The molecule has 154 valence electrons. The van der Waals surface area contributed by atoms with Crippen molar-refractivity contribution in [2.45, 2.75) is 38.8 Å². The average Bonchev–Trinajstić information content (AvgIpc) is 3.47. The van der Waals surface area contributed by atoms with Gasteiger partial charge in [0, 0.05) is 42.0 Å². The predicted molar refractivity (Wildman–Crippen MR) is 113 cm³/mol. The molecule has 3 heterocycles. The summed E-state index contributed by atoms with van der Waals surface area (Å²) in [6, 6.07) is 10.1. The summed E-state index contributed by atoms with van der Waals surface area (Å²) in [6.45, 7) is 4.54. The van der Waals surface area contributed by atoms with Gasteiger partial charge in [-0.2, -0.15) is 0 Å². The second kappa shape index (κ2) is 7.75. The molecular weight excluding hydrogens is 376 g/mol. The Morgan fingerprint density at radius 1 is 1.33 bits per heavy atom. The van der Waals surface area contributed by atoms with E-state index in [-0.39, 0.29) is 0 Å². The van der Waals surface area contributed by atoms with Crippen LogP contribution >= 0.6 is 0 Å². The van der Waals surface area contributed by atoms with E-state index in [2.05, 4.69) is 27.3 Å². The van der Waals surface area contributed by atoms with Gasteiger partial charge in [0.2, 0.25) is 0 Å². The molecule has 1 aromatic carbocycles. The molecule has 6 nitrogen and oxygen atoms in total. The number of aromatic nitrogens is 3. The first-order valence-electron chi connectivity index (χ1n) is 10.6. The maximum atomic E-state index is 9.79. The summed E-state index contributed by atoms with van der Waals surface area (Å²) in [5.41, 5.74) is 3.33. The summed E-state index contributed by atoms with van der Waals surface area (Å²) in [7, 11) is 0. The summed E-state index contributed by atoms with van der Waals surface area (Å²) < 4.78 is 7.40. The Hall–Kier alpha value is -2.88. The number of rotatable bonds is 4.